The van der Waals surface area contributed by atoms with Crippen molar-refractivity contribution in [1.82, 2.24) is 10.6 Å². The van der Waals surface area contributed by atoms with Gasteiger partial charge in [0.05, 0.1) is 0 Å². The second-order valence-corrected chi connectivity index (χ2v) is 9.72. The van der Waals surface area contributed by atoms with Crippen LogP contribution in [0.25, 0.3) is 11.1 Å². The first-order valence-electron chi connectivity index (χ1n) is 11.2. The third-order valence-electron chi connectivity index (χ3n) is 5.89. The number of amides is 2. The molecule has 2 amide bonds. The molecule has 0 radical (unpaired) electrons. The van der Waals surface area contributed by atoms with E-state index in [4.69, 9.17) is 4.74 Å². The van der Waals surface area contributed by atoms with Gasteiger partial charge in [-0.25, -0.2) is 9.59 Å². The summed E-state index contributed by atoms with van der Waals surface area (Å²) in [7, 11) is 0. The van der Waals surface area contributed by atoms with Gasteiger partial charge in [0, 0.05) is 18.9 Å². The Bertz CT molecular complexity index is 982. The summed E-state index contributed by atoms with van der Waals surface area (Å²) >= 11 is 0. The lowest BCUT2D eigenvalue weighted by Gasteiger charge is -2.28. The van der Waals surface area contributed by atoms with Crippen LogP contribution in [0.15, 0.2) is 48.5 Å². The first kappa shape index (κ1) is 24.3. The standard InChI is InChI=1S/C26H32N2O5/c1-16(13-22(29)28-23(24(30)31)26(2,3)4)14-27-25(32)33-15-21-19-11-7-5-9-17(19)18-10-6-8-12-20(18)21/h5-12,16,21,23H,13-15H2,1-4H3,(H,27,32)(H,28,29)(H,30,31)/t16?,23-/m0/s1. The zero-order valence-electron chi connectivity index (χ0n) is 19.6. The summed E-state index contributed by atoms with van der Waals surface area (Å²) in [5, 5.41) is 14.6. The topological polar surface area (TPSA) is 105 Å². The summed E-state index contributed by atoms with van der Waals surface area (Å²) in [6, 6.07) is 15.3. The number of alkyl carbamates (subject to hydrolysis) is 1. The van der Waals surface area contributed by atoms with Gasteiger partial charge in [-0.1, -0.05) is 76.2 Å². The number of rotatable bonds is 8. The van der Waals surface area contributed by atoms with Gasteiger partial charge in [0.25, 0.3) is 0 Å². The minimum atomic E-state index is -1.07. The molecule has 1 aliphatic carbocycles. The molecule has 176 valence electrons. The lowest BCUT2D eigenvalue weighted by molar-refractivity contribution is -0.145. The van der Waals surface area contributed by atoms with E-state index in [-0.39, 0.29) is 37.3 Å². The smallest absolute Gasteiger partial charge is 0.407 e. The maximum atomic E-state index is 12.3. The van der Waals surface area contributed by atoms with Crippen LogP contribution in [0.2, 0.25) is 0 Å². The van der Waals surface area contributed by atoms with Crippen molar-refractivity contribution in [2.24, 2.45) is 11.3 Å². The largest absolute Gasteiger partial charge is 0.480 e. The molecule has 0 spiro atoms. The number of fused-ring (bicyclic) bond motifs is 3. The van der Waals surface area contributed by atoms with Crippen molar-refractivity contribution in [2.45, 2.75) is 46.1 Å². The normalized spacial score (nSPS) is 14.5. The van der Waals surface area contributed by atoms with Gasteiger partial charge in [-0.3, -0.25) is 4.79 Å². The van der Waals surface area contributed by atoms with Crippen LogP contribution in [-0.4, -0.2) is 42.3 Å². The Morgan fingerprint density at radius 3 is 2.06 bits per heavy atom. The second-order valence-electron chi connectivity index (χ2n) is 9.72. The van der Waals surface area contributed by atoms with Crippen molar-refractivity contribution in [3.63, 3.8) is 0 Å². The summed E-state index contributed by atoms with van der Waals surface area (Å²) in [5.74, 6) is -1.63. The fourth-order valence-corrected chi connectivity index (χ4v) is 4.16. The third kappa shape index (κ3) is 5.92. The molecule has 0 aliphatic heterocycles. The van der Waals surface area contributed by atoms with E-state index in [9.17, 15) is 19.5 Å². The van der Waals surface area contributed by atoms with Crippen molar-refractivity contribution in [2.75, 3.05) is 13.2 Å². The maximum absolute atomic E-state index is 12.3. The number of ether oxygens (including phenoxy) is 1. The van der Waals surface area contributed by atoms with Crippen molar-refractivity contribution in [3.05, 3.63) is 59.7 Å². The molecule has 0 bridgehead atoms. The molecule has 2 aromatic carbocycles. The lowest BCUT2D eigenvalue weighted by Crippen LogP contribution is -2.49. The number of carbonyl (C=O) groups is 3. The molecular formula is C26H32N2O5. The molecule has 1 unspecified atom stereocenters. The van der Waals surface area contributed by atoms with Crippen LogP contribution < -0.4 is 10.6 Å². The molecule has 0 heterocycles. The minimum Gasteiger partial charge on any atom is -0.480 e. The summed E-state index contributed by atoms with van der Waals surface area (Å²) in [5.41, 5.74) is 4.00. The predicted molar refractivity (Wildman–Crippen MR) is 126 cm³/mol. The van der Waals surface area contributed by atoms with Crippen molar-refractivity contribution >= 4 is 18.0 Å². The fourth-order valence-electron chi connectivity index (χ4n) is 4.16. The second kappa shape index (κ2) is 10.1. The number of benzene rings is 2. The van der Waals surface area contributed by atoms with Crippen LogP contribution >= 0.6 is 0 Å². The van der Waals surface area contributed by atoms with Crippen molar-refractivity contribution in [3.8, 4) is 11.1 Å². The van der Waals surface area contributed by atoms with E-state index in [1.165, 1.54) is 0 Å². The average molecular weight is 453 g/mol. The summed E-state index contributed by atoms with van der Waals surface area (Å²) in [6.45, 7) is 7.56. The Morgan fingerprint density at radius 1 is 1.00 bits per heavy atom. The first-order chi connectivity index (χ1) is 15.6. The summed E-state index contributed by atoms with van der Waals surface area (Å²) in [4.78, 5) is 36.0. The van der Waals surface area contributed by atoms with E-state index in [0.29, 0.717) is 0 Å². The van der Waals surface area contributed by atoms with Crippen LogP contribution in [-0.2, 0) is 14.3 Å². The highest BCUT2D eigenvalue weighted by molar-refractivity contribution is 5.84. The van der Waals surface area contributed by atoms with Crippen LogP contribution in [0.3, 0.4) is 0 Å². The van der Waals surface area contributed by atoms with Gasteiger partial charge < -0.3 is 20.5 Å². The van der Waals surface area contributed by atoms with Gasteiger partial charge in [0.15, 0.2) is 0 Å². The molecule has 3 rings (SSSR count). The number of hydrogen-bond acceptors (Lipinski definition) is 4. The number of carbonyl (C=O) groups excluding carboxylic acids is 2. The molecule has 0 saturated carbocycles. The van der Waals surface area contributed by atoms with Crippen molar-refractivity contribution < 1.29 is 24.2 Å². The fraction of sp³-hybridized carbons (Fsp3) is 0.423. The maximum Gasteiger partial charge on any atom is 0.407 e. The Kier molecular flexibility index (Phi) is 7.41. The highest BCUT2D eigenvalue weighted by Gasteiger charge is 2.33. The predicted octanol–water partition coefficient (Wildman–Crippen LogP) is 4.17. The van der Waals surface area contributed by atoms with E-state index in [1.54, 1.807) is 20.8 Å². The van der Waals surface area contributed by atoms with Gasteiger partial charge in [0.2, 0.25) is 5.91 Å². The molecular weight excluding hydrogens is 420 g/mol. The number of hydrogen-bond donors (Lipinski definition) is 3. The minimum absolute atomic E-state index is 0.0169. The highest BCUT2D eigenvalue weighted by Crippen LogP contribution is 2.44. The van der Waals surface area contributed by atoms with Crippen LogP contribution in [0, 0.1) is 11.3 Å². The first-order valence-corrected chi connectivity index (χ1v) is 11.2. The van der Waals surface area contributed by atoms with E-state index < -0.39 is 23.5 Å². The Hall–Kier alpha value is -3.35. The quantitative estimate of drug-likeness (QED) is 0.558. The third-order valence-corrected chi connectivity index (χ3v) is 5.89. The molecule has 1 aliphatic rings. The molecule has 2 atom stereocenters. The molecule has 0 fully saturated rings. The van der Waals surface area contributed by atoms with Crippen molar-refractivity contribution in [1.29, 1.82) is 0 Å². The van der Waals surface area contributed by atoms with Crippen LogP contribution in [0.5, 0.6) is 0 Å². The van der Waals surface area contributed by atoms with E-state index >= 15 is 0 Å². The molecule has 3 N–H and O–H groups in total. The van der Waals surface area contributed by atoms with Gasteiger partial charge in [0.1, 0.15) is 12.6 Å². The highest BCUT2D eigenvalue weighted by atomic mass is 16.5. The van der Waals surface area contributed by atoms with E-state index in [2.05, 4.69) is 34.9 Å². The van der Waals surface area contributed by atoms with E-state index in [1.807, 2.05) is 31.2 Å². The average Bonchev–Trinajstić information content (AvgIpc) is 3.07. The zero-order valence-corrected chi connectivity index (χ0v) is 19.6. The SMILES string of the molecule is CC(CNC(=O)OCC1c2ccccc2-c2ccccc21)CC(=O)N[C@@H](C(=O)O)C(C)(C)C. The van der Waals surface area contributed by atoms with Gasteiger partial charge in [-0.05, 0) is 33.6 Å². The summed E-state index contributed by atoms with van der Waals surface area (Å²) < 4.78 is 5.51. The number of nitrogens with one attached hydrogen (secondary N) is 2. The number of carboxylic acid groups (broad SMARTS) is 1. The van der Waals surface area contributed by atoms with E-state index in [0.717, 1.165) is 22.3 Å². The molecule has 33 heavy (non-hydrogen) atoms. The Labute approximate surface area is 194 Å². The molecule has 0 saturated heterocycles. The monoisotopic (exact) mass is 452 g/mol. The molecule has 7 heteroatoms. The molecule has 2 aromatic rings. The Balaban J connectivity index is 1.48. The van der Waals surface area contributed by atoms with Gasteiger partial charge >= 0.3 is 12.1 Å². The number of aliphatic carboxylic acids is 1. The lowest BCUT2D eigenvalue weighted by atomic mass is 9.86. The molecule has 0 aromatic heterocycles. The zero-order chi connectivity index (χ0) is 24.2. The van der Waals surface area contributed by atoms with Gasteiger partial charge in [-0.15, -0.1) is 0 Å². The van der Waals surface area contributed by atoms with Crippen LogP contribution in [0.4, 0.5) is 4.79 Å². The van der Waals surface area contributed by atoms with Gasteiger partial charge in [-0.2, -0.15) is 0 Å². The summed E-state index contributed by atoms with van der Waals surface area (Å²) in [6.07, 6.45) is -0.439. The van der Waals surface area contributed by atoms with Crippen LogP contribution in [0.1, 0.15) is 51.2 Å². The molecule has 7 nitrogen and oxygen atoms in total. The Morgan fingerprint density at radius 2 is 1.55 bits per heavy atom. The number of carboxylic acids is 1.